The summed E-state index contributed by atoms with van der Waals surface area (Å²) in [6.07, 6.45) is -2.23. The third kappa shape index (κ3) is 2.07. The van der Waals surface area contributed by atoms with Crippen molar-refractivity contribution in [3.8, 4) is 0 Å². The summed E-state index contributed by atoms with van der Waals surface area (Å²) in [5.74, 6) is -0.342. The Morgan fingerprint density at radius 1 is 1.53 bits per heavy atom. The van der Waals surface area contributed by atoms with Gasteiger partial charge in [0.2, 0.25) is 5.91 Å². The van der Waals surface area contributed by atoms with Gasteiger partial charge in [-0.2, -0.15) is 0 Å². The molecule has 0 radical (unpaired) electrons. The van der Waals surface area contributed by atoms with Gasteiger partial charge in [-0.1, -0.05) is 20.8 Å². The normalized spacial score (nSPS) is 38.1. The van der Waals surface area contributed by atoms with Gasteiger partial charge in [-0.15, -0.1) is 11.6 Å². The zero-order valence-corrected chi connectivity index (χ0v) is 12.4. The van der Waals surface area contributed by atoms with Gasteiger partial charge in [0.1, 0.15) is 23.4 Å². The number of carbonyl (C=O) groups excluding carboxylic acids is 2. The lowest BCUT2D eigenvalue weighted by atomic mass is 9.93. The number of nitrogens with zero attached hydrogens (tertiary/aromatic N) is 1. The van der Waals surface area contributed by atoms with E-state index in [-0.39, 0.29) is 11.3 Å². The van der Waals surface area contributed by atoms with Gasteiger partial charge in [0.15, 0.2) is 0 Å². The fourth-order valence-electron chi connectivity index (χ4n) is 2.48. The molecule has 2 aliphatic heterocycles. The third-order valence-corrected chi connectivity index (χ3v) is 3.88. The summed E-state index contributed by atoms with van der Waals surface area (Å²) in [5.41, 5.74) is -0.323. The van der Waals surface area contributed by atoms with Crippen molar-refractivity contribution in [2.24, 2.45) is 5.41 Å². The zero-order chi connectivity index (χ0) is 14.6. The molecule has 2 saturated heterocycles. The maximum atomic E-state index is 12.0. The quantitative estimate of drug-likeness (QED) is 0.683. The van der Waals surface area contributed by atoms with Crippen LogP contribution in [0, 0.1) is 5.41 Å². The number of halogens is 1. The summed E-state index contributed by atoms with van der Waals surface area (Å²) in [5, 5.41) is 2.70. The van der Waals surface area contributed by atoms with E-state index in [1.807, 2.05) is 20.8 Å². The Labute approximate surface area is 117 Å². The topological polar surface area (TPSA) is 67.9 Å². The van der Waals surface area contributed by atoms with Crippen molar-refractivity contribution in [2.75, 3.05) is 7.11 Å². The van der Waals surface area contributed by atoms with E-state index in [0.717, 1.165) is 0 Å². The summed E-state index contributed by atoms with van der Waals surface area (Å²) in [4.78, 5) is 24.0. The number of amides is 2. The molecule has 0 aromatic heterocycles. The highest BCUT2D eigenvalue weighted by Crippen LogP contribution is 2.43. The molecule has 6 nitrogen and oxygen atoms in total. The van der Waals surface area contributed by atoms with Crippen LogP contribution < -0.4 is 5.32 Å². The number of methoxy groups -OCH3 is 1. The average Bonchev–Trinajstić information content (AvgIpc) is 2.75. The van der Waals surface area contributed by atoms with E-state index in [9.17, 15) is 9.59 Å². The zero-order valence-electron chi connectivity index (χ0n) is 11.7. The van der Waals surface area contributed by atoms with Crippen LogP contribution in [0.5, 0.6) is 0 Å². The monoisotopic (exact) mass is 290 g/mol. The van der Waals surface area contributed by atoms with Crippen LogP contribution >= 0.6 is 11.6 Å². The van der Waals surface area contributed by atoms with Crippen molar-refractivity contribution in [2.45, 2.75) is 51.1 Å². The predicted octanol–water partition coefficient (Wildman–Crippen LogP) is 1.28. The maximum absolute atomic E-state index is 12.0. The minimum absolute atomic E-state index is 0.323. The standard InChI is InChI=1S/C12H19ClN2O4/c1-11(2,3)9-15(10(17)18-5)7-6(19-9)12(4,13)8(16)14-7/h6-7,9H,1-5H3,(H,14,16)/t6-,7+,9+,12+/m0/s1. The predicted molar refractivity (Wildman–Crippen MR) is 68.5 cm³/mol. The first-order chi connectivity index (χ1) is 8.60. The van der Waals surface area contributed by atoms with Gasteiger partial charge < -0.3 is 14.8 Å². The van der Waals surface area contributed by atoms with Crippen molar-refractivity contribution < 1.29 is 19.1 Å². The van der Waals surface area contributed by atoms with E-state index >= 15 is 0 Å². The summed E-state index contributed by atoms with van der Waals surface area (Å²) in [6, 6.07) is 0. The number of fused-ring (bicyclic) bond motifs is 1. The van der Waals surface area contributed by atoms with Gasteiger partial charge >= 0.3 is 6.09 Å². The van der Waals surface area contributed by atoms with Gasteiger partial charge in [0, 0.05) is 5.41 Å². The van der Waals surface area contributed by atoms with Crippen molar-refractivity contribution in [1.82, 2.24) is 10.2 Å². The lowest BCUT2D eigenvalue weighted by Crippen LogP contribution is -2.52. The summed E-state index contributed by atoms with van der Waals surface area (Å²) < 4.78 is 10.7. The van der Waals surface area contributed by atoms with Crippen LogP contribution in [0.2, 0.25) is 0 Å². The molecule has 0 bridgehead atoms. The molecule has 2 heterocycles. The molecular formula is C12H19ClN2O4. The van der Waals surface area contributed by atoms with Crippen LogP contribution in [0.1, 0.15) is 27.7 Å². The molecule has 0 aromatic rings. The fourth-order valence-corrected chi connectivity index (χ4v) is 2.71. The molecule has 4 atom stereocenters. The largest absolute Gasteiger partial charge is 0.453 e. The SMILES string of the molecule is COC(=O)N1[C@H]2NC(=O)[C@](C)(Cl)[C@H]2O[C@@H]1C(C)(C)C. The third-order valence-electron chi connectivity index (χ3n) is 3.50. The first-order valence-corrected chi connectivity index (χ1v) is 6.50. The number of rotatable bonds is 0. The molecule has 0 spiro atoms. The minimum Gasteiger partial charge on any atom is -0.453 e. The molecule has 1 N–H and O–H groups in total. The van der Waals surface area contributed by atoms with Crippen LogP contribution in [-0.4, -0.2) is 47.4 Å². The Hall–Kier alpha value is -1.01. The summed E-state index contributed by atoms with van der Waals surface area (Å²) in [6.45, 7) is 7.43. The number of carbonyl (C=O) groups is 2. The van der Waals surface area contributed by atoms with Crippen LogP contribution in [0.15, 0.2) is 0 Å². The molecule has 0 aliphatic carbocycles. The van der Waals surface area contributed by atoms with Crippen LogP contribution in [0.3, 0.4) is 0 Å². The van der Waals surface area contributed by atoms with Gasteiger partial charge in [-0.3, -0.25) is 9.69 Å². The Bertz CT molecular complexity index is 418. The van der Waals surface area contributed by atoms with E-state index in [1.165, 1.54) is 12.0 Å². The van der Waals surface area contributed by atoms with E-state index in [4.69, 9.17) is 21.1 Å². The first-order valence-electron chi connectivity index (χ1n) is 6.12. The van der Waals surface area contributed by atoms with Crippen LogP contribution in [0.4, 0.5) is 4.79 Å². The molecule has 108 valence electrons. The molecular weight excluding hydrogens is 272 g/mol. The minimum atomic E-state index is -1.18. The molecule has 2 amide bonds. The first kappa shape index (κ1) is 14.4. The molecule has 2 aliphatic rings. The molecule has 19 heavy (non-hydrogen) atoms. The highest BCUT2D eigenvalue weighted by atomic mass is 35.5. The van der Waals surface area contributed by atoms with Gasteiger partial charge in [0.05, 0.1) is 7.11 Å². The van der Waals surface area contributed by atoms with E-state index in [2.05, 4.69) is 5.32 Å². The second-order valence-corrected chi connectivity index (χ2v) is 6.93. The molecule has 2 rings (SSSR count). The number of nitrogens with one attached hydrogen (secondary N) is 1. The molecule has 0 aromatic carbocycles. The lowest BCUT2D eigenvalue weighted by molar-refractivity contribution is -0.127. The van der Waals surface area contributed by atoms with Gasteiger partial charge in [-0.25, -0.2) is 4.79 Å². The summed E-state index contributed by atoms with van der Waals surface area (Å²) in [7, 11) is 1.30. The van der Waals surface area contributed by atoms with E-state index in [1.54, 1.807) is 6.92 Å². The molecule has 7 heteroatoms. The Balaban J connectivity index is 2.37. The summed E-state index contributed by atoms with van der Waals surface area (Å²) >= 11 is 6.23. The average molecular weight is 291 g/mol. The lowest BCUT2D eigenvalue weighted by Gasteiger charge is -2.34. The maximum Gasteiger partial charge on any atom is 0.413 e. The number of hydrogen-bond donors (Lipinski definition) is 1. The van der Waals surface area contributed by atoms with Crippen LogP contribution in [0.25, 0.3) is 0 Å². The highest BCUT2D eigenvalue weighted by Gasteiger charge is 2.63. The Morgan fingerprint density at radius 2 is 2.11 bits per heavy atom. The van der Waals surface area contributed by atoms with Crippen molar-refractivity contribution in [3.05, 3.63) is 0 Å². The Morgan fingerprint density at radius 3 is 2.58 bits per heavy atom. The van der Waals surface area contributed by atoms with E-state index in [0.29, 0.717) is 0 Å². The molecule has 0 unspecified atom stereocenters. The number of hydrogen-bond acceptors (Lipinski definition) is 4. The molecule has 0 saturated carbocycles. The van der Waals surface area contributed by atoms with Gasteiger partial charge in [0.25, 0.3) is 0 Å². The molecule has 2 fully saturated rings. The number of alkyl halides is 1. The van der Waals surface area contributed by atoms with Crippen molar-refractivity contribution in [3.63, 3.8) is 0 Å². The fraction of sp³-hybridized carbons (Fsp3) is 0.833. The second-order valence-electron chi connectivity index (χ2n) is 6.15. The highest BCUT2D eigenvalue weighted by molar-refractivity contribution is 6.36. The second kappa shape index (κ2) is 4.24. The van der Waals surface area contributed by atoms with Crippen LogP contribution in [-0.2, 0) is 14.3 Å². The van der Waals surface area contributed by atoms with E-state index < -0.39 is 29.5 Å². The van der Waals surface area contributed by atoms with Gasteiger partial charge in [-0.05, 0) is 6.92 Å². The van der Waals surface area contributed by atoms with Crippen molar-refractivity contribution in [1.29, 1.82) is 0 Å². The Kier molecular flexibility index (Phi) is 3.22. The smallest absolute Gasteiger partial charge is 0.413 e. The van der Waals surface area contributed by atoms with Crippen molar-refractivity contribution >= 4 is 23.6 Å². The number of ether oxygens (including phenoxy) is 2.